The van der Waals surface area contributed by atoms with Crippen molar-refractivity contribution in [2.24, 2.45) is 5.92 Å². The summed E-state index contributed by atoms with van der Waals surface area (Å²) in [7, 11) is 1.73. The molecule has 1 N–H and O–H groups in total. The van der Waals surface area contributed by atoms with Gasteiger partial charge in [0.2, 0.25) is 0 Å². The lowest BCUT2D eigenvalue weighted by atomic mass is 10.1. The highest BCUT2D eigenvalue weighted by atomic mass is 16.2. The quantitative estimate of drug-likeness (QED) is 0.530. The number of carbonyl (C=O) groups excluding carboxylic acids is 1. The minimum atomic E-state index is -0.0527. The number of carbonyl (C=O) groups is 1. The number of amides is 2. The van der Waals surface area contributed by atoms with Crippen LogP contribution in [0.5, 0.6) is 0 Å². The second-order valence-corrected chi connectivity index (χ2v) is 2.64. The molecule has 1 aliphatic heterocycles. The van der Waals surface area contributed by atoms with E-state index in [1.54, 1.807) is 11.9 Å². The van der Waals surface area contributed by atoms with Gasteiger partial charge in [-0.1, -0.05) is 13.5 Å². The lowest BCUT2D eigenvalue weighted by molar-refractivity contribution is 0.204. The molecular formula is C7H12N2O. The highest BCUT2D eigenvalue weighted by molar-refractivity contribution is 5.76. The topological polar surface area (TPSA) is 32.3 Å². The van der Waals surface area contributed by atoms with E-state index in [9.17, 15) is 4.79 Å². The number of rotatable bonds is 0. The maximum atomic E-state index is 10.9. The van der Waals surface area contributed by atoms with Crippen LogP contribution in [-0.4, -0.2) is 24.5 Å². The van der Waals surface area contributed by atoms with Crippen molar-refractivity contribution in [2.45, 2.75) is 6.92 Å². The molecule has 1 atom stereocenters. The number of urea groups is 1. The van der Waals surface area contributed by atoms with Crippen LogP contribution in [0.2, 0.25) is 0 Å². The van der Waals surface area contributed by atoms with E-state index in [0.717, 1.165) is 5.70 Å². The van der Waals surface area contributed by atoms with Crippen LogP contribution in [-0.2, 0) is 0 Å². The zero-order valence-electron chi connectivity index (χ0n) is 6.35. The van der Waals surface area contributed by atoms with Crippen LogP contribution in [0.15, 0.2) is 12.3 Å². The fourth-order valence-corrected chi connectivity index (χ4v) is 0.938. The summed E-state index contributed by atoms with van der Waals surface area (Å²) in [5.41, 5.74) is 0.892. The lowest BCUT2D eigenvalue weighted by Crippen LogP contribution is -2.46. The third-order valence-electron chi connectivity index (χ3n) is 1.86. The highest BCUT2D eigenvalue weighted by Crippen LogP contribution is 2.14. The Kier molecular flexibility index (Phi) is 1.66. The van der Waals surface area contributed by atoms with E-state index < -0.39 is 0 Å². The van der Waals surface area contributed by atoms with Gasteiger partial charge in [0, 0.05) is 25.2 Å². The molecule has 1 heterocycles. The third kappa shape index (κ3) is 0.988. The molecule has 0 aromatic carbocycles. The smallest absolute Gasteiger partial charge is 0.321 e. The first-order valence-corrected chi connectivity index (χ1v) is 3.33. The largest absolute Gasteiger partial charge is 0.337 e. The van der Waals surface area contributed by atoms with Crippen molar-refractivity contribution < 1.29 is 4.79 Å². The van der Waals surface area contributed by atoms with Gasteiger partial charge in [0.15, 0.2) is 0 Å². The summed E-state index contributed by atoms with van der Waals surface area (Å²) in [6.45, 7) is 6.54. The van der Waals surface area contributed by atoms with Gasteiger partial charge in [0.05, 0.1) is 0 Å². The number of hydrogen-bond donors (Lipinski definition) is 1. The van der Waals surface area contributed by atoms with Crippen LogP contribution in [0.3, 0.4) is 0 Å². The summed E-state index contributed by atoms with van der Waals surface area (Å²) >= 11 is 0. The molecule has 1 rings (SSSR count). The zero-order valence-corrected chi connectivity index (χ0v) is 6.35. The van der Waals surface area contributed by atoms with Gasteiger partial charge in [-0.15, -0.1) is 0 Å². The third-order valence-corrected chi connectivity index (χ3v) is 1.86. The molecule has 2 amide bonds. The summed E-state index contributed by atoms with van der Waals surface area (Å²) < 4.78 is 0. The first-order chi connectivity index (χ1) is 4.63. The Morgan fingerprint density at radius 2 is 2.40 bits per heavy atom. The van der Waals surface area contributed by atoms with E-state index >= 15 is 0 Å². The molecule has 0 aromatic rings. The molecule has 10 heavy (non-hydrogen) atoms. The SMILES string of the molecule is C=C1C(C)CNC(=O)N1C. The second-order valence-electron chi connectivity index (χ2n) is 2.64. The fraction of sp³-hybridized carbons (Fsp3) is 0.571. The molecule has 1 unspecified atom stereocenters. The van der Waals surface area contributed by atoms with Crippen LogP contribution in [0.25, 0.3) is 0 Å². The van der Waals surface area contributed by atoms with Gasteiger partial charge in [-0.2, -0.15) is 0 Å². The summed E-state index contributed by atoms with van der Waals surface area (Å²) in [6, 6.07) is -0.0527. The monoisotopic (exact) mass is 140 g/mol. The van der Waals surface area contributed by atoms with Gasteiger partial charge >= 0.3 is 6.03 Å². The van der Waals surface area contributed by atoms with E-state index in [2.05, 4.69) is 11.9 Å². The van der Waals surface area contributed by atoms with Crippen molar-refractivity contribution in [1.82, 2.24) is 10.2 Å². The maximum Gasteiger partial charge on any atom is 0.321 e. The summed E-state index contributed by atoms with van der Waals surface area (Å²) in [5, 5.41) is 2.74. The van der Waals surface area contributed by atoms with Crippen LogP contribution in [0, 0.1) is 5.92 Å². The lowest BCUT2D eigenvalue weighted by Gasteiger charge is -2.30. The minimum absolute atomic E-state index is 0.0527. The number of nitrogens with one attached hydrogen (secondary N) is 1. The van der Waals surface area contributed by atoms with Gasteiger partial charge in [-0.25, -0.2) is 4.79 Å². The molecule has 0 bridgehead atoms. The molecule has 0 radical (unpaired) electrons. The van der Waals surface area contributed by atoms with Gasteiger partial charge in [0.25, 0.3) is 0 Å². The number of hydrogen-bond acceptors (Lipinski definition) is 1. The predicted molar refractivity (Wildman–Crippen MR) is 39.5 cm³/mol. The van der Waals surface area contributed by atoms with E-state index in [1.807, 2.05) is 6.92 Å². The molecule has 0 aromatic heterocycles. The number of nitrogens with zero attached hydrogens (tertiary/aromatic N) is 1. The molecule has 0 spiro atoms. The van der Waals surface area contributed by atoms with Crippen molar-refractivity contribution in [2.75, 3.05) is 13.6 Å². The van der Waals surface area contributed by atoms with Crippen molar-refractivity contribution in [3.63, 3.8) is 0 Å². The first kappa shape index (κ1) is 7.12. The molecule has 0 aliphatic carbocycles. The Bertz CT molecular complexity index is 176. The van der Waals surface area contributed by atoms with E-state index in [-0.39, 0.29) is 6.03 Å². The van der Waals surface area contributed by atoms with Crippen molar-refractivity contribution in [3.8, 4) is 0 Å². The minimum Gasteiger partial charge on any atom is -0.337 e. The molecule has 0 saturated carbocycles. The normalized spacial score (nSPS) is 26.6. The standard InChI is InChI=1S/C7H12N2O/c1-5-4-8-7(10)9(3)6(5)2/h5H,2,4H2,1,3H3,(H,8,10). The van der Waals surface area contributed by atoms with Gasteiger partial charge in [0.1, 0.15) is 0 Å². The van der Waals surface area contributed by atoms with Crippen LogP contribution >= 0.6 is 0 Å². The molecular weight excluding hydrogens is 128 g/mol. The van der Waals surface area contributed by atoms with Crippen LogP contribution in [0.1, 0.15) is 6.92 Å². The Balaban J connectivity index is 2.70. The molecule has 1 saturated heterocycles. The van der Waals surface area contributed by atoms with Crippen LogP contribution < -0.4 is 5.32 Å². The second kappa shape index (κ2) is 2.33. The average Bonchev–Trinajstić information content (AvgIpc) is 1.93. The molecule has 3 heteroatoms. The average molecular weight is 140 g/mol. The van der Waals surface area contributed by atoms with Gasteiger partial charge in [-0.05, 0) is 0 Å². The predicted octanol–water partition coefficient (Wildman–Crippen LogP) is 0.791. The van der Waals surface area contributed by atoms with E-state index in [0.29, 0.717) is 12.5 Å². The van der Waals surface area contributed by atoms with E-state index in [1.165, 1.54) is 0 Å². The Labute approximate surface area is 60.7 Å². The summed E-state index contributed by atoms with van der Waals surface area (Å²) in [5.74, 6) is 0.364. The molecule has 1 aliphatic rings. The zero-order chi connectivity index (χ0) is 7.72. The highest BCUT2D eigenvalue weighted by Gasteiger charge is 2.22. The Morgan fingerprint density at radius 1 is 1.80 bits per heavy atom. The maximum absolute atomic E-state index is 10.9. The van der Waals surface area contributed by atoms with Crippen molar-refractivity contribution in [3.05, 3.63) is 12.3 Å². The fourth-order valence-electron chi connectivity index (χ4n) is 0.938. The first-order valence-electron chi connectivity index (χ1n) is 3.33. The van der Waals surface area contributed by atoms with E-state index in [4.69, 9.17) is 0 Å². The summed E-state index contributed by atoms with van der Waals surface area (Å²) in [6.07, 6.45) is 0. The van der Waals surface area contributed by atoms with Crippen LogP contribution in [0.4, 0.5) is 4.79 Å². The molecule has 3 nitrogen and oxygen atoms in total. The Morgan fingerprint density at radius 3 is 2.90 bits per heavy atom. The Hall–Kier alpha value is -0.990. The van der Waals surface area contributed by atoms with Crippen molar-refractivity contribution >= 4 is 6.03 Å². The molecule has 1 fully saturated rings. The van der Waals surface area contributed by atoms with Gasteiger partial charge in [-0.3, -0.25) is 0 Å². The molecule has 56 valence electrons. The van der Waals surface area contributed by atoms with Crippen molar-refractivity contribution in [1.29, 1.82) is 0 Å². The van der Waals surface area contributed by atoms with Gasteiger partial charge < -0.3 is 10.2 Å². The summed E-state index contributed by atoms with van der Waals surface area (Å²) in [4.78, 5) is 12.5.